The van der Waals surface area contributed by atoms with E-state index in [0.717, 1.165) is 12.1 Å². The van der Waals surface area contributed by atoms with Crippen LogP contribution in [0.1, 0.15) is 11.1 Å². The number of hydrazine groups is 1. The summed E-state index contributed by atoms with van der Waals surface area (Å²) in [4.78, 5) is 23.5. The number of nitrogens with one attached hydrogen (secondary N) is 2. The number of carbonyl (C=O) groups excluding carboxylic acids is 1. The van der Waals surface area contributed by atoms with Crippen molar-refractivity contribution < 1.29 is 18.1 Å². The van der Waals surface area contributed by atoms with Crippen molar-refractivity contribution in [1.29, 1.82) is 0 Å². The molecular weight excluding hydrogens is 382 g/mol. The summed E-state index contributed by atoms with van der Waals surface area (Å²) in [6.07, 6.45) is 2.57. The predicted octanol–water partition coefficient (Wildman–Crippen LogP) is 2.58. The van der Waals surface area contributed by atoms with Gasteiger partial charge in [-0.1, -0.05) is 29.8 Å². The molecule has 2 aromatic carbocycles. The van der Waals surface area contributed by atoms with Gasteiger partial charge >= 0.3 is 0 Å². The molecule has 0 atom stereocenters. The number of aryl methyl sites for hydroxylation is 1. The van der Waals surface area contributed by atoms with E-state index in [1.54, 1.807) is 24.3 Å². The number of halogens is 1. The van der Waals surface area contributed by atoms with E-state index in [4.69, 9.17) is 11.6 Å². The van der Waals surface area contributed by atoms with Crippen LogP contribution in [-0.2, 0) is 14.8 Å². The van der Waals surface area contributed by atoms with E-state index >= 15 is 0 Å². The number of nitro benzene ring substituents is 1. The minimum atomic E-state index is -4.16. The van der Waals surface area contributed by atoms with Gasteiger partial charge in [-0.15, -0.1) is 4.83 Å². The maximum Gasteiger partial charge on any atom is 0.273 e. The Morgan fingerprint density at radius 3 is 2.62 bits per heavy atom. The van der Waals surface area contributed by atoms with Gasteiger partial charge in [-0.25, -0.2) is 8.42 Å². The van der Waals surface area contributed by atoms with Gasteiger partial charge in [-0.3, -0.25) is 20.3 Å². The van der Waals surface area contributed by atoms with Gasteiger partial charge in [0.15, 0.2) is 0 Å². The molecular formula is C16H14ClN3O5S. The minimum absolute atomic E-state index is 0.322. The molecule has 1 amide bonds. The van der Waals surface area contributed by atoms with Crippen LogP contribution >= 0.6 is 11.6 Å². The van der Waals surface area contributed by atoms with Crippen molar-refractivity contribution >= 4 is 39.3 Å². The molecule has 0 saturated carbocycles. The molecule has 0 radical (unpaired) electrons. The van der Waals surface area contributed by atoms with E-state index in [0.29, 0.717) is 16.1 Å². The molecule has 0 aromatic heterocycles. The van der Waals surface area contributed by atoms with Gasteiger partial charge < -0.3 is 0 Å². The van der Waals surface area contributed by atoms with Gasteiger partial charge in [-0.05, 0) is 36.8 Å². The predicted molar refractivity (Wildman–Crippen MR) is 96.8 cm³/mol. The number of nitro groups is 1. The maximum absolute atomic E-state index is 12.2. The number of benzene rings is 2. The van der Waals surface area contributed by atoms with E-state index in [1.807, 2.05) is 10.3 Å². The summed E-state index contributed by atoms with van der Waals surface area (Å²) in [6.45, 7) is 1.49. The highest BCUT2D eigenvalue weighted by molar-refractivity contribution is 7.89. The monoisotopic (exact) mass is 395 g/mol. The highest BCUT2D eigenvalue weighted by Gasteiger charge is 2.20. The van der Waals surface area contributed by atoms with Crippen molar-refractivity contribution in [3.05, 3.63) is 74.8 Å². The SMILES string of the molecule is Cc1ccc(S(=O)(=O)NNC(=O)/C=C/c2cccc(Cl)c2)cc1[N+](=O)[O-]. The first-order valence-electron chi connectivity index (χ1n) is 7.19. The second-order valence-corrected chi connectivity index (χ2v) is 7.31. The lowest BCUT2D eigenvalue weighted by Gasteiger charge is -2.07. The lowest BCUT2D eigenvalue weighted by Crippen LogP contribution is -2.40. The number of rotatable bonds is 6. The highest BCUT2D eigenvalue weighted by atomic mass is 35.5. The molecule has 0 heterocycles. The van der Waals surface area contributed by atoms with Crippen LogP contribution in [0.4, 0.5) is 5.69 Å². The van der Waals surface area contributed by atoms with E-state index < -0.39 is 20.9 Å². The fraction of sp³-hybridized carbons (Fsp3) is 0.0625. The zero-order valence-electron chi connectivity index (χ0n) is 13.5. The Balaban J connectivity index is 2.07. The lowest BCUT2D eigenvalue weighted by molar-refractivity contribution is -0.385. The fourth-order valence-corrected chi connectivity index (χ4v) is 3.02. The minimum Gasteiger partial charge on any atom is -0.274 e. The molecule has 0 aliphatic rings. The van der Waals surface area contributed by atoms with Gasteiger partial charge in [0.05, 0.1) is 9.82 Å². The quantitative estimate of drug-likeness (QED) is 0.442. The van der Waals surface area contributed by atoms with Crippen LogP contribution in [0.2, 0.25) is 5.02 Å². The molecule has 2 rings (SSSR count). The first-order chi connectivity index (χ1) is 12.2. The van der Waals surface area contributed by atoms with Gasteiger partial charge in [0.25, 0.3) is 21.6 Å². The standard InChI is InChI=1S/C16H14ClN3O5S/c1-11-5-7-14(10-15(11)20(22)23)26(24,25)19-18-16(21)8-6-12-3-2-4-13(17)9-12/h2-10,19H,1H3,(H,18,21)/b8-6+. The average molecular weight is 396 g/mol. The van der Waals surface area contributed by atoms with E-state index in [1.165, 1.54) is 25.1 Å². The summed E-state index contributed by atoms with van der Waals surface area (Å²) in [5.41, 5.74) is 2.65. The van der Waals surface area contributed by atoms with Crippen molar-refractivity contribution in [3.63, 3.8) is 0 Å². The zero-order valence-corrected chi connectivity index (χ0v) is 15.0. The molecule has 8 nitrogen and oxygen atoms in total. The largest absolute Gasteiger partial charge is 0.274 e. The topological polar surface area (TPSA) is 118 Å². The highest BCUT2D eigenvalue weighted by Crippen LogP contribution is 2.21. The molecule has 10 heteroatoms. The summed E-state index contributed by atoms with van der Waals surface area (Å²) in [5.74, 6) is -0.727. The Kier molecular flexibility index (Phi) is 6.09. The number of sulfonamides is 1. The van der Waals surface area contributed by atoms with Gasteiger partial charge in [0, 0.05) is 22.7 Å². The van der Waals surface area contributed by atoms with Gasteiger partial charge in [0.2, 0.25) is 0 Å². The average Bonchev–Trinajstić information content (AvgIpc) is 2.58. The van der Waals surface area contributed by atoms with Crippen LogP contribution in [0.5, 0.6) is 0 Å². The number of carbonyl (C=O) groups is 1. The second-order valence-electron chi connectivity index (χ2n) is 5.19. The summed E-state index contributed by atoms with van der Waals surface area (Å²) >= 11 is 5.82. The first kappa shape index (κ1) is 19.6. The van der Waals surface area contributed by atoms with Crippen LogP contribution in [0.25, 0.3) is 6.08 Å². The summed E-state index contributed by atoms with van der Waals surface area (Å²) < 4.78 is 24.3. The van der Waals surface area contributed by atoms with Crippen LogP contribution in [0.15, 0.2) is 53.4 Å². The fourth-order valence-electron chi connectivity index (χ4n) is 1.95. The molecule has 0 spiro atoms. The number of hydrogen-bond donors (Lipinski definition) is 2. The first-order valence-corrected chi connectivity index (χ1v) is 9.05. The van der Waals surface area contributed by atoms with Crippen molar-refractivity contribution in [2.24, 2.45) is 0 Å². The van der Waals surface area contributed by atoms with Crippen molar-refractivity contribution in [2.45, 2.75) is 11.8 Å². The molecule has 0 unspecified atom stereocenters. The van der Waals surface area contributed by atoms with E-state index in [2.05, 4.69) is 0 Å². The third-order valence-corrected chi connectivity index (χ3v) is 4.75. The summed E-state index contributed by atoms with van der Waals surface area (Å²) in [6, 6.07) is 10.2. The Hall–Kier alpha value is -2.75. The smallest absolute Gasteiger partial charge is 0.273 e. The Labute approximate surface area is 154 Å². The summed E-state index contributed by atoms with van der Waals surface area (Å²) in [5, 5.41) is 11.4. The molecule has 26 heavy (non-hydrogen) atoms. The number of amides is 1. The van der Waals surface area contributed by atoms with Crippen molar-refractivity contribution in [2.75, 3.05) is 0 Å². The molecule has 0 bridgehead atoms. The van der Waals surface area contributed by atoms with Gasteiger partial charge in [0.1, 0.15) is 0 Å². The molecule has 2 N–H and O–H groups in total. The lowest BCUT2D eigenvalue weighted by atomic mass is 10.2. The Morgan fingerprint density at radius 2 is 1.96 bits per heavy atom. The Bertz CT molecular complexity index is 989. The third kappa shape index (κ3) is 5.12. The van der Waals surface area contributed by atoms with Crippen molar-refractivity contribution in [1.82, 2.24) is 10.3 Å². The van der Waals surface area contributed by atoms with Crippen molar-refractivity contribution in [3.8, 4) is 0 Å². The van der Waals surface area contributed by atoms with Crippen LogP contribution < -0.4 is 10.3 Å². The molecule has 2 aromatic rings. The van der Waals surface area contributed by atoms with E-state index in [-0.39, 0.29) is 10.6 Å². The normalized spacial score (nSPS) is 11.5. The van der Waals surface area contributed by atoms with Crippen LogP contribution in [-0.4, -0.2) is 19.2 Å². The number of hydrogen-bond acceptors (Lipinski definition) is 5. The molecule has 0 aliphatic heterocycles. The second kappa shape index (κ2) is 8.09. The molecule has 136 valence electrons. The molecule has 0 saturated heterocycles. The molecule has 0 aliphatic carbocycles. The summed E-state index contributed by atoms with van der Waals surface area (Å²) in [7, 11) is -4.16. The maximum atomic E-state index is 12.2. The zero-order chi connectivity index (χ0) is 19.3. The third-order valence-electron chi connectivity index (χ3n) is 3.27. The van der Waals surface area contributed by atoms with Crippen LogP contribution in [0, 0.1) is 17.0 Å². The Morgan fingerprint density at radius 1 is 1.23 bits per heavy atom. The van der Waals surface area contributed by atoms with E-state index in [9.17, 15) is 23.3 Å². The number of nitrogens with zero attached hydrogens (tertiary/aromatic N) is 1. The van der Waals surface area contributed by atoms with Gasteiger partial charge in [-0.2, -0.15) is 0 Å². The van der Waals surface area contributed by atoms with Crippen LogP contribution in [0.3, 0.4) is 0 Å². The molecule has 0 fully saturated rings.